The molecule has 0 fully saturated rings. The first-order chi connectivity index (χ1) is 9.24. The van der Waals surface area contributed by atoms with Crippen LogP contribution in [0.5, 0.6) is 11.5 Å². The Labute approximate surface area is 112 Å². The van der Waals surface area contributed by atoms with Gasteiger partial charge in [-0.3, -0.25) is 0 Å². The monoisotopic (exact) mass is 256 g/mol. The van der Waals surface area contributed by atoms with Crippen LogP contribution in [0.4, 0.5) is 0 Å². The number of aliphatic hydroxyl groups is 1. The molecule has 0 aromatic heterocycles. The van der Waals surface area contributed by atoms with Crippen molar-refractivity contribution in [1.29, 1.82) is 0 Å². The van der Waals surface area contributed by atoms with Gasteiger partial charge in [-0.05, 0) is 30.2 Å². The molecule has 3 heteroatoms. The fourth-order valence-corrected chi connectivity index (χ4v) is 2.17. The van der Waals surface area contributed by atoms with Crippen LogP contribution in [0.1, 0.15) is 30.3 Å². The van der Waals surface area contributed by atoms with Crippen molar-refractivity contribution >= 4 is 0 Å². The first-order valence-corrected chi connectivity index (χ1v) is 6.40. The number of rotatable bonds is 2. The summed E-state index contributed by atoms with van der Waals surface area (Å²) >= 11 is 0. The summed E-state index contributed by atoms with van der Waals surface area (Å²) in [6, 6.07) is 15.5. The van der Waals surface area contributed by atoms with E-state index in [2.05, 4.69) is 0 Å². The third kappa shape index (κ3) is 2.42. The third-order valence-corrected chi connectivity index (χ3v) is 3.30. The maximum absolute atomic E-state index is 9.50. The average Bonchev–Trinajstić information content (AvgIpc) is 2.47. The lowest BCUT2D eigenvalue weighted by Crippen LogP contribution is -2.21. The number of benzene rings is 2. The molecule has 0 spiro atoms. The Morgan fingerprint density at radius 2 is 1.74 bits per heavy atom. The third-order valence-electron chi connectivity index (χ3n) is 3.30. The van der Waals surface area contributed by atoms with Crippen LogP contribution in [0, 0.1) is 0 Å². The van der Waals surface area contributed by atoms with Crippen molar-refractivity contribution in [3.63, 3.8) is 0 Å². The van der Waals surface area contributed by atoms with Gasteiger partial charge in [-0.2, -0.15) is 0 Å². The van der Waals surface area contributed by atoms with Crippen molar-refractivity contribution in [3.05, 3.63) is 59.7 Å². The van der Waals surface area contributed by atoms with E-state index in [1.165, 1.54) is 0 Å². The highest BCUT2D eigenvalue weighted by atomic mass is 16.6. The van der Waals surface area contributed by atoms with Crippen molar-refractivity contribution < 1.29 is 14.6 Å². The van der Waals surface area contributed by atoms with E-state index in [0.29, 0.717) is 6.61 Å². The molecular formula is C16H16O3. The van der Waals surface area contributed by atoms with Crippen LogP contribution in [0.25, 0.3) is 0 Å². The molecule has 2 atom stereocenters. The van der Waals surface area contributed by atoms with Gasteiger partial charge < -0.3 is 14.6 Å². The number of aliphatic hydroxyl groups excluding tert-OH is 1. The fraction of sp³-hybridized carbons (Fsp3) is 0.250. The molecule has 0 saturated heterocycles. The minimum atomic E-state index is -0.446. The first kappa shape index (κ1) is 12.1. The van der Waals surface area contributed by atoms with Gasteiger partial charge in [0, 0.05) is 0 Å². The lowest BCUT2D eigenvalue weighted by atomic mass is 10.0. The lowest BCUT2D eigenvalue weighted by Gasteiger charge is -2.26. The molecule has 2 aromatic carbocycles. The summed E-state index contributed by atoms with van der Waals surface area (Å²) in [7, 11) is 0. The standard InChI is InChI=1S/C16H16O3/c1-11(17)12-6-8-13(9-7-12)16-10-18-14-4-2-3-5-15(14)19-16/h2-9,11,16-17H,10H2,1H3. The maximum atomic E-state index is 9.50. The second-order valence-electron chi connectivity index (χ2n) is 4.71. The van der Waals surface area contributed by atoms with Crippen molar-refractivity contribution in [2.45, 2.75) is 19.1 Å². The van der Waals surface area contributed by atoms with Crippen molar-refractivity contribution in [2.24, 2.45) is 0 Å². The zero-order chi connectivity index (χ0) is 13.2. The lowest BCUT2D eigenvalue weighted by molar-refractivity contribution is 0.0912. The van der Waals surface area contributed by atoms with Gasteiger partial charge in [0.05, 0.1) is 6.10 Å². The molecular weight excluding hydrogens is 240 g/mol. The summed E-state index contributed by atoms with van der Waals surface area (Å²) in [6.07, 6.45) is -0.545. The van der Waals surface area contributed by atoms with E-state index >= 15 is 0 Å². The van der Waals surface area contributed by atoms with Crippen molar-refractivity contribution in [2.75, 3.05) is 6.61 Å². The van der Waals surface area contributed by atoms with E-state index < -0.39 is 6.10 Å². The predicted octanol–water partition coefficient (Wildman–Crippen LogP) is 3.25. The molecule has 98 valence electrons. The Morgan fingerprint density at radius 3 is 2.42 bits per heavy atom. The Bertz CT molecular complexity index is 560. The summed E-state index contributed by atoms with van der Waals surface area (Å²) in [5.74, 6) is 1.57. The molecule has 2 unspecified atom stereocenters. The topological polar surface area (TPSA) is 38.7 Å². The van der Waals surface area contributed by atoms with Crippen LogP contribution in [-0.2, 0) is 0 Å². The average molecular weight is 256 g/mol. The zero-order valence-electron chi connectivity index (χ0n) is 10.7. The van der Waals surface area contributed by atoms with Crippen LogP contribution in [0.3, 0.4) is 0 Å². The van der Waals surface area contributed by atoms with E-state index in [4.69, 9.17) is 9.47 Å². The van der Waals surface area contributed by atoms with Crippen LogP contribution in [0.15, 0.2) is 48.5 Å². The molecule has 3 rings (SSSR count). The molecule has 0 saturated carbocycles. The van der Waals surface area contributed by atoms with Gasteiger partial charge in [0.2, 0.25) is 0 Å². The Balaban J connectivity index is 1.81. The molecule has 1 heterocycles. The van der Waals surface area contributed by atoms with Crippen LogP contribution < -0.4 is 9.47 Å². The summed E-state index contributed by atoms with van der Waals surface area (Å²) in [4.78, 5) is 0. The van der Waals surface area contributed by atoms with Crippen LogP contribution in [-0.4, -0.2) is 11.7 Å². The van der Waals surface area contributed by atoms with Gasteiger partial charge in [0.25, 0.3) is 0 Å². The second-order valence-corrected chi connectivity index (χ2v) is 4.71. The minimum absolute atomic E-state index is 0.0991. The number of hydrogen-bond donors (Lipinski definition) is 1. The predicted molar refractivity (Wildman–Crippen MR) is 72.4 cm³/mol. The quantitative estimate of drug-likeness (QED) is 0.896. The van der Waals surface area contributed by atoms with Crippen molar-refractivity contribution in [1.82, 2.24) is 0 Å². The SMILES string of the molecule is CC(O)c1ccc(C2COc3ccccc3O2)cc1. The summed E-state index contributed by atoms with van der Waals surface area (Å²) in [5.41, 5.74) is 1.96. The molecule has 0 aliphatic carbocycles. The van der Waals surface area contributed by atoms with Crippen LogP contribution in [0.2, 0.25) is 0 Å². The number of ether oxygens (including phenoxy) is 2. The van der Waals surface area contributed by atoms with Gasteiger partial charge in [-0.15, -0.1) is 0 Å². The zero-order valence-corrected chi connectivity index (χ0v) is 10.7. The Morgan fingerprint density at radius 1 is 1.05 bits per heavy atom. The number of fused-ring (bicyclic) bond motifs is 1. The van der Waals surface area contributed by atoms with Crippen molar-refractivity contribution in [3.8, 4) is 11.5 Å². The Kier molecular flexibility index (Phi) is 3.13. The first-order valence-electron chi connectivity index (χ1n) is 6.40. The molecule has 1 aliphatic rings. The highest BCUT2D eigenvalue weighted by molar-refractivity contribution is 5.41. The minimum Gasteiger partial charge on any atom is -0.485 e. The summed E-state index contributed by atoms with van der Waals surface area (Å²) in [5, 5.41) is 9.50. The van der Waals surface area contributed by atoms with Gasteiger partial charge in [0.15, 0.2) is 17.6 Å². The van der Waals surface area contributed by atoms with Gasteiger partial charge in [-0.25, -0.2) is 0 Å². The molecule has 1 aliphatic heterocycles. The smallest absolute Gasteiger partial charge is 0.162 e. The molecule has 0 radical (unpaired) electrons. The Hall–Kier alpha value is -2.00. The molecule has 1 N–H and O–H groups in total. The van der Waals surface area contributed by atoms with E-state index in [0.717, 1.165) is 22.6 Å². The largest absolute Gasteiger partial charge is 0.485 e. The number of hydrogen-bond acceptors (Lipinski definition) is 3. The number of para-hydroxylation sites is 2. The molecule has 0 amide bonds. The summed E-state index contributed by atoms with van der Waals surface area (Å²) in [6.45, 7) is 2.26. The molecule has 19 heavy (non-hydrogen) atoms. The fourth-order valence-electron chi connectivity index (χ4n) is 2.17. The maximum Gasteiger partial charge on any atom is 0.162 e. The van der Waals surface area contributed by atoms with Gasteiger partial charge >= 0.3 is 0 Å². The summed E-state index contributed by atoms with van der Waals surface area (Å²) < 4.78 is 11.6. The van der Waals surface area contributed by atoms with Crippen LogP contribution >= 0.6 is 0 Å². The van der Waals surface area contributed by atoms with Gasteiger partial charge in [0.1, 0.15) is 6.61 Å². The van der Waals surface area contributed by atoms with E-state index in [-0.39, 0.29) is 6.10 Å². The van der Waals surface area contributed by atoms with E-state index in [1.54, 1.807) is 6.92 Å². The molecule has 0 bridgehead atoms. The molecule has 3 nitrogen and oxygen atoms in total. The van der Waals surface area contributed by atoms with Gasteiger partial charge in [-0.1, -0.05) is 36.4 Å². The highest BCUT2D eigenvalue weighted by Gasteiger charge is 2.22. The normalized spacial score (nSPS) is 18.9. The highest BCUT2D eigenvalue weighted by Crippen LogP contribution is 2.35. The van der Waals surface area contributed by atoms with E-state index in [1.807, 2.05) is 48.5 Å². The second kappa shape index (κ2) is 4.94. The molecule has 2 aromatic rings. The van der Waals surface area contributed by atoms with E-state index in [9.17, 15) is 5.11 Å².